The molecule has 0 bridgehead atoms. The van der Waals surface area contributed by atoms with Crippen molar-refractivity contribution >= 4 is 11.3 Å². The Hall–Kier alpha value is -1.13. The monoisotopic (exact) mass is 263 g/mol. The predicted molar refractivity (Wildman–Crippen MR) is 77.0 cm³/mol. The number of nitrogens with zero attached hydrogens (tertiary/aromatic N) is 2. The normalized spacial score (nSPS) is 11.0. The lowest BCUT2D eigenvalue weighted by molar-refractivity contribution is 0.536. The quantitative estimate of drug-likeness (QED) is 0.779. The lowest BCUT2D eigenvalue weighted by Gasteiger charge is -2.06. The molecule has 98 valence electrons. The van der Waals surface area contributed by atoms with Crippen LogP contribution in [0.3, 0.4) is 0 Å². The smallest absolute Gasteiger partial charge is 0.0624 e. The molecular formula is C14H21N3S. The number of hydrogen-bond donors (Lipinski definition) is 1. The molecule has 0 radical (unpaired) electrons. The van der Waals surface area contributed by atoms with Crippen LogP contribution < -0.4 is 5.32 Å². The molecule has 18 heavy (non-hydrogen) atoms. The molecule has 4 heteroatoms. The fourth-order valence-corrected chi connectivity index (χ4v) is 2.65. The fourth-order valence-electron chi connectivity index (χ4n) is 1.98. The van der Waals surface area contributed by atoms with Gasteiger partial charge in [-0.2, -0.15) is 5.10 Å². The van der Waals surface area contributed by atoms with Crippen LogP contribution >= 0.6 is 11.3 Å². The second kappa shape index (κ2) is 6.71. The van der Waals surface area contributed by atoms with Gasteiger partial charge in [0.15, 0.2) is 0 Å². The van der Waals surface area contributed by atoms with E-state index in [-0.39, 0.29) is 0 Å². The van der Waals surface area contributed by atoms with Gasteiger partial charge in [0.05, 0.1) is 12.2 Å². The Bertz CT molecular complexity index is 459. The number of hydrogen-bond acceptors (Lipinski definition) is 3. The summed E-state index contributed by atoms with van der Waals surface area (Å²) in [6, 6.07) is 6.48. The van der Waals surface area contributed by atoms with Crippen LogP contribution in [0.5, 0.6) is 0 Å². The van der Waals surface area contributed by atoms with E-state index in [2.05, 4.69) is 52.5 Å². The standard InChI is InChI=1S/C14H21N3S/c1-3-12-10-13(4-2)17(16-12)8-7-15-11-14-6-5-9-18-14/h5-6,9-10,15H,3-4,7-8,11H2,1-2H3. The molecule has 0 fully saturated rings. The van der Waals surface area contributed by atoms with Crippen molar-refractivity contribution in [2.24, 2.45) is 0 Å². The summed E-state index contributed by atoms with van der Waals surface area (Å²) in [5.41, 5.74) is 2.54. The molecule has 0 amide bonds. The molecule has 2 aromatic heterocycles. The maximum atomic E-state index is 4.61. The molecule has 3 nitrogen and oxygen atoms in total. The Morgan fingerprint density at radius 3 is 2.89 bits per heavy atom. The first-order chi connectivity index (χ1) is 8.83. The molecule has 0 aliphatic rings. The molecule has 2 aromatic rings. The van der Waals surface area contributed by atoms with Crippen molar-refractivity contribution in [2.75, 3.05) is 6.54 Å². The van der Waals surface area contributed by atoms with E-state index in [1.54, 1.807) is 11.3 Å². The maximum Gasteiger partial charge on any atom is 0.0624 e. The summed E-state index contributed by atoms with van der Waals surface area (Å²) in [5, 5.41) is 10.2. The van der Waals surface area contributed by atoms with Crippen LogP contribution in [0.15, 0.2) is 23.6 Å². The van der Waals surface area contributed by atoms with Crippen molar-refractivity contribution in [2.45, 2.75) is 39.8 Å². The van der Waals surface area contributed by atoms with Gasteiger partial charge in [-0.25, -0.2) is 0 Å². The first kappa shape index (κ1) is 13.3. The van der Waals surface area contributed by atoms with Crippen LogP contribution in [0, 0.1) is 0 Å². The first-order valence-electron chi connectivity index (χ1n) is 6.62. The van der Waals surface area contributed by atoms with Gasteiger partial charge in [-0.3, -0.25) is 4.68 Å². The number of thiophene rings is 1. The Morgan fingerprint density at radius 2 is 2.22 bits per heavy atom. The van der Waals surface area contributed by atoms with E-state index in [9.17, 15) is 0 Å². The van der Waals surface area contributed by atoms with Gasteiger partial charge in [0.1, 0.15) is 0 Å². The molecule has 0 aliphatic carbocycles. The van der Waals surface area contributed by atoms with E-state index in [0.29, 0.717) is 0 Å². The zero-order valence-electron chi connectivity index (χ0n) is 11.1. The average Bonchev–Trinajstić information content (AvgIpc) is 3.03. The van der Waals surface area contributed by atoms with Crippen molar-refractivity contribution in [1.29, 1.82) is 0 Å². The molecule has 0 aliphatic heterocycles. The first-order valence-corrected chi connectivity index (χ1v) is 7.50. The molecule has 0 aromatic carbocycles. The Labute approximate surface area is 113 Å². The Balaban J connectivity index is 1.80. The van der Waals surface area contributed by atoms with Crippen LogP contribution in [-0.2, 0) is 25.9 Å². The van der Waals surface area contributed by atoms with Gasteiger partial charge < -0.3 is 5.32 Å². The van der Waals surface area contributed by atoms with Crippen molar-refractivity contribution in [3.05, 3.63) is 39.8 Å². The molecule has 0 unspecified atom stereocenters. The van der Waals surface area contributed by atoms with Crippen LogP contribution in [0.4, 0.5) is 0 Å². The molecule has 0 atom stereocenters. The Kier molecular flexibility index (Phi) is 4.96. The lowest BCUT2D eigenvalue weighted by Crippen LogP contribution is -2.20. The number of rotatable bonds is 7. The summed E-state index contributed by atoms with van der Waals surface area (Å²) in [6.45, 7) is 7.22. The van der Waals surface area contributed by atoms with Crippen molar-refractivity contribution < 1.29 is 0 Å². The van der Waals surface area contributed by atoms with E-state index < -0.39 is 0 Å². The average molecular weight is 263 g/mol. The predicted octanol–water partition coefficient (Wildman–Crippen LogP) is 2.86. The maximum absolute atomic E-state index is 4.61. The van der Waals surface area contributed by atoms with Crippen LogP contribution in [0.2, 0.25) is 0 Å². The third-order valence-electron chi connectivity index (χ3n) is 3.02. The molecule has 1 N–H and O–H groups in total. The number of aromatic nitrogens is 2. The summed E-state index contributed by atoms with van der Waals surface area (Å²) in [4.78, 5) is 1.39. The van der Waals surface area contributed by atoms with Gasteiger partial charge in [0, 0.05) is 23.7 Å². The highest BCUT2D eigenvalue weighted by Gasteiger charge is 2.04. The summed E-state index contributed by atoms with van der Waals surface area (Å²) in [7, 11) is 0. The van der Waals surface area contributed by atoms with E-state index in [0.717, 1.165) is 32.5 Å². The summed E-state index contributed by atoms with van der Waals surface area (Å²) < 4.78 is 2.14. The second-order valence-electron chi connectivity index (χ2n) is 4.31. The second-order valence-corrected chi connectivity index (χ2v) is 5.35. The van der Waals surface area contributed by atoms with Gasteiger partial charge in [-0.05, 0) is 30.4 Å². The SMILES string of the molecule is CCc1cc(CC)n(CCNCc2cccs2)n1. The van der Waals surface area contributed by atoms with Crippen LogP contribution in [0.1, 0.15) is 30.1 Å². The van der Waals surface area contributed by atoms with Gasteiger partial charge in [0.25, 0.3) is 0 Å². The molecule has 0 spiro atoms. The zero-order valence-corrected chi connectivity index (χ0v) is 12.0. The minimum atomic E-state index is 0.953. The van der Waals surface area contributed by atoms with E-state index >= 15 is 0 Å². The number of nitrogens with one attached hydrogen (secondary N) is 1. The minimum Gasteiger partial charge on any atom is -0.310 e. The highest BCUT2D eigenvalue weighted by Crippen LogP contribution is 2.08. The van der Waals surface area contributed by atoms with Crippen molar-refractivity contribution in [1.82, 2.24) is 15.1 Å². The van der Waals surface area contributed by atoms with Gasteiger partial charge in [-0.15, -0.1) is 11.3 Å². The molecule has 0 saturated carbocycles. The minimum absolute atomic E-state index is 0.953. The zero-order chi connectivity index (χ0) is 12.8. The highest BCUT2D eigenvalue weighted by atomic mass is 32.1. The van der Waals surface area contributed by atoms with E-state index in [1.807, 2.05) is 0 Å². The molecule has 2 rings (SSSR count). The Morgan fingerprint density at radius 1 is 1.33 bits per heavy atom. The van der Waals surface area contributed by atoms with Crippen molar-refractivity contribution in [3.63, 3.8) is 0 Å². The van der Waals surface area contributed by atoms with E-state index in [4.69, 9.17) is 0 Å². The van der Waals surface area contributed by atoms with Gasteiger partial charge in [0.2, 0.25) is 0 Å². The summed E-state index contributed by atoms with van der Waals surface area (Å²) in [6.07, 6.45) is 2.07. The molecule has 0 saturated heterocycles. The summed E-state index contributed by atoms with van der Waals surface area (Å²) >= 11 is 1.80. The van der Waals surface area contributed by atoms with Crippen LogP contribution in [-0.4, -0.2) is 16.3 Å². The number of aryl methyl sites for hydroxylation is 2. The highest BCUT2D eigenvalue weighted by molar-refractivity contribution is 7.09. The van der Waals surface area contributed by atoms with E-state index in [1.165, 1.54) is 16.3 Å². The topological polar surface area (TPSA) is 29.9 Å². The van der Waals surface area contributed by atoms with Crippen LogP contribution in [0.25, 0.3) is 0 Å². The third-order valence-corrected chi connectivity index (χ3v) is 3.89. The van der Waals surface area contributed by atoms with Gasteiger partial charge in [-0.1, -0.05) is 19.9 Å². The third kappa shape index (κ3) is 3.43. The largest absolute Gasteiger partial charge is 0.310 e. The fraction of sp³-hybridized carbons (Fsp3) is 0.500. The van der Waals surface area contributed by atoms with Gasteiger partial charge >= 0.3 is 0 Å². The molecule has 2 heterocycles. The van der Waals surface area contributed by atoms with Crippen molar-refractivity contribution in [3.8, 4) is 0 Å². The lowest BCUT2D eigenvalue weighted by atomic mass is 10.2. The molecular weight excluding hydrogens is 242 g/mol. The summed E-state index contributed by atoms with van der Waals surface area (Å²) in [5.74, 6) is 0.